The molecule has 0 amide bonds. The van der Waals surface area contributed by atoms with Gasteiger partial charge in [-0.3, -0.25) is 18.7 Å². The van der Waals surface area contributed by atoms with Crippen LogP contribution >= 0.6 is 11.3 Å². The number of anilines is 3. The van der Waals surface area contributed by atoms with Crippen LogP contribution in [0.3, 0.4) is 0 Å². The molecule has 3 aromatic heterocycles. The summed E-state index contributed by atoms with van der Waals surface area (Å²) in [6.07, 6.45) is 3.74. The second-order valence-corrected chi connectivity index (χ2v) is 9.59. The van der Waals surface area contributed by atoms with Crippen LogP contribution in [-0.2, 0) is 30.5 Å². The van der Waals surface area contributed by atoms with Crippen LogP contribution in [0.25, 0.3) is 11.0 Å². The Morgan fingerprint density at radius 2 is 1.78 bits per heavy atom. The van der Waals surface area contributed by atoms with Gasteiger partial charge in [-0.25, -0.2) is 23.2 Å². The predicted octanol–water partition coefficient (Wildman–Crippen LogP) is 2.20. The first kappa shape index (κ1) is 21.7. The van der Waals surface area contributed by atoms with Crippen molar-refractivity contribution in [2.45, 2.75) is 18.2 Å². The van der Waals surface area contributed by atoms with Crippen molar-refractivity contribution in [3.8, 4) is 0 Å². The number of fused-ring (bicyclic) bond motifs is 1. The standard InChI is InChI=1S/C20H20N6O4S2/c1-4-12-11-22-17-15(18(27)26(3)20(28)25(17)2)16(12)23-13-5-7-14(8-6-13)32(29,30)24-19-21-9-10-31-19/h5-11H,4H2,1-3H3,(H,21,24)(H,22,23). The summed E-state index contributed by atoms with van der Waals surface area (Å²) in [5, 5.41) is 5.46. The molecular formula is C20H20N6O4S2. The SMILES string of the molecule is CCc1cnc2c(c1Nc1ccc(S(=O)(=O)Nc3nccs3)cc1)c(=O)n(C)c(=O)n2C. The number of aryl methyl sites for hydroxylation is 2. The summed E-state index contributed by atoms with van der Waals surface area (Å²) < 4.78 is 29.9. The van der Waals surface area contributed by atoms with Crippen molar-refractivity contribution in [1.29, 1.82) is 0 Å². The minimum Gasteiger partial charge on any atom is -0.354 e. The lowest BCUT2D eigenvalue weighted by Gasteiger charge is -2.16. The first-order valence-electron chi connectivity index (χ1n) is 9.60. The lowest BCUT2D eigenvalue weighted by molar-refractivity contribution is 0.601. The molecule has 32 heavy (non-hydrogen) atoms. The minimum atomic E-state index is -3.77. The van der Waals surface area contributed by atoms with Gasteiger partial charge in [0.2, 0.25) is 0 Å². The first-order chi connectivity index (χ1) is 15.2. The maximum atomic E-state index is 12.9. The Hall–Kier alpha value is -3.51. The molecule has 2 N–H and O–H groups in total. The van der Waals surface area contributed by atoms with E-state index in [1.54, 1.807) is 30.8 Å². The third-order valence-electron chi connectivity index (χ3n) is 5.02. The number of rotatable bonds is 6. The maximum Gasteiger partial charge on any atom is 0.332 e. The highest BCUT2D eigenvalue weighted by Gasteiger charge is 2.18. The van der Waals surface area contributed by atoms with Crippen molar-refractivity contribution < 1.29 is 8.42 Å². The number of hydrogen-bond acceptors (Lipinski definition) is 8. The summed E-state index contributed by atoms with van der Waals surface area (Å²) in [5.41, 5.74) is 1.24. The summed E-state index contributed by atoms with van der Waals surface area (Å²) in [7, 11) is -0.799. The Balaban J connectivity index is 1.75. The van der Waals surface area contributed by atoms with Crippen LogP contribution in [-0.4, -0.2) is 27.5 Å². The molecule has 0 fully saturated rings. The Bertz CT molecular complexity index is 1520. The topological polar surface area (TPSA) is 128 Å². The van der Waals surface area contributed by atoms with E-state index in [1.807, 2.05) is 6.92 Å². The normalized spacial score (nSPS) is 11.6. The van der Waals surface area contributed by atoms with Gasteiger partial charge in [-0.05, 0) is 36.2 Å². The van der Waals surface area contributed by atoms with Crippen molar-refractivity contribution in [2.24, 2.45) is 14.1 Å². The van der Waals surface area contributed by atoms with Crippen LogP contribution in [0.15, 0.2) is 56.5 Å². The third kappa shape index (κ3) is 3.78. The zero-order chi connectivity index (χ0) is 23.0. The highest BCUT2D eigenvalue weighted by Crippen LogP contribution is 2.28. The molecule has 12 heteroatoms. The summed E-state index contributed by atoms with van der Waals surface area (Å²) in [6, 6.07) is 6.13. The van der Waals surface area contributed by atoms with Gasteiger partial charge in [0.1, 0.15) is 5.39 Å². The molecule has 0 saturated carbocycles. The van der Waals surface area contributed by atoms with Gasteiger partial charge < -0.3 is 5.32 Å². The van der Waals surface area contributed by atoms with Crippen LogP contribution in [0.2, 0.25) is 0 Å². The quantitative estimate of drug-likeness (QED) is 0.440. The number of pyridine rings is 1. The van der Waals surface area contributed by atoms with Gasteiger partial charge in [-0.2, -0.15) is 0 Å². The van der Waals surface area contributed by atoms with Crippen LogP contribution in [0, 0.1) is 0 Å². The molecular weight excluding hydrogens is 452 g/mol. The average Bonchev–Trinajstić information content (AvgIpc) is 3.28. The fourth-order valence-electron chi connectivity index (χ4n) is 3.29. The second kappa shape index (κ2) is 8.20. The fourth-order valence-corrected chi connectivity index (χ4v) is 5.08. The van der Waals surface area contributed by atoms with Gasteiger partial charge in [-0.15, -0.1) is 11.3 Å². The van der Waals surface area contributed by atoms with E-state index >= 15 is 0 Å². The molecule has 0 aliphatic heterocycles. The summed E-state index contributed by atoms with van der Waals surface area (Å²) >= 11 is 1.18. The molecule has 0 aliphatic carbocycles. The molecule has 0 spiro atoms. The van der Waals surface area contributed by atoms with Crippen molar-refractivity contribution in [1.82, 2.24) is 19.1 Å². The number of benzene rings is 1. The zero-order valence-electron chi connectivity index (χ0n) is 17.5. The van der Waals surface area contributed by atoms with E-state index in [0.29, 0.717) is 17.8 Å². The Labute approximate surface area is 187 Å². The summed E-state index contributed by atoms with van der Waals surface area (Å²) in [6.45, 7) is 1.93. The van der Waals surface area contributed by atoms with Gasteiger partial charge in [0, 0.05) is 37.6 Å². The van der Waals surface area contributed by atoms with Gasteiger partial charge in [0.15, 0.2) is 10.8 Å². The zero-order valence-corrected chi connectivity index (χ0v) is 19.1. The molecule has 166 valence electrons. The number of nitrogens with zero attached hydrogens (tertiary/aromatic N) is 4. The molecule has 3 heterocycles. The van der Waals surface area contributed by atoms with E-state index < -0.39 is 21.3 Å². The van der Waals surface area contributed by atoms with Crippen molar-refractivity contribution >= 4 is 48.9 Å². The van der Waals surface area contributed by atoms with Crippen LogP contribution in [0.1, 0.15) is 12.5 Å². The Morgan fingerprint density at radius 1 is 1.06 bits per heavy atom. The van der Waals surface area contributed by atoms with Crippen molar-refractivity contribution in [2.75, 3.05) is 10.0 Å². The molecule has 0 unspecified atom stereocenters. The third-order valence-corrected chi connectivity index (χ3v) is 7.19. The highest BCUT2D eigenvalue weighted by atomic mass is 32.2. The average molecular weight is 473 g/mol. The number of thiazole rings is 1. The van der Waals surface area contributed by atoms with E-state index in [9.17, 15) is 18.0 Å². The molecule has 0 radical (unpaired) electrons. The maximum absolute atomic E-state index is 12.9. The first-order valence-corrected chi connectivity index (χ1v) is 12.0. The Morgan fingerprint density at radius 3 is 2.41 bits per heavy atom. The molecule has 10 nitrogen and oxygen atoms in total. The second-order valence-electron chi connectivity index (χ2n) is 7.01. The largest absolute Gasteiger partial charge is 0.354 e. The number of sulfonamides is 1. The predicted molar refractivity (Wildman–Crippen MR) is 124 cm³/mol. The van der Waals surface area contributed by atoms with E-state index in [2.05, 4.69) is 20.0 Å². The smallest absolute Gasteiger partial charge is 0.332 e. The van der Waals surface area contributed by atoms with Crippen molar-refractivity contribution in [3.05, 3.63) is 68.4 Å². The van der Waals surface area contributed by atoms with E-state index in [-0.39, 0.29) is 21.1 Å². The monoisotopic (exact) mass is 472 g/mol. The highest BCUT2D eigenvalue weighted by molar-refractivity contribution is 7.93. The molecule has 0 saturated heterocycles. The summed E-state index contributed by atoms with van der Waals surface area (Å²) in [5.74, 6) is 0. The molecule has 0 bridgehead atoms. The number of aromatic nitrogens is 4. The summed E-state index contributed by atoms with van der Waals surface area (Å²) in [4.78, 5) is 33.5. The lowest BCUT2D eigenvalue weighted by atomic mass is 10.1. The van der Waals surface area contributed by atoms with Crippen LogP contribution in [0.5, 0.6) is 0 Å². The molecule has 0 aliphatic rings. The number of hydrogen-bond donors (Lipinski definition) is 2. The lowest BCUT2D eigenvalue weighted by Crippen LogP contribution is -2.37. The fraction of sp³-hybridized carbons (Fsp3) is 0.200. The molecule has 4 rings (SSSR count). The van der Waals surface area contributed by atoms with Crippen LogP contribution < -0.4 is 21.3 Å². The van der Waals surface area contributed by atoms with E-state index in [0.717, 1.165) is 10.1 Å². The van der Waals surface area contributed by atoms with E-state index in [4.69, 9.17) is 0 Å². The Kier molecular flexibility index (Phi) is 5.57. The molecule has 0 atom stereocenters. The number of nitrogens with one attached hydrogen (secondary N) is 2. The molecule has 1 aromatic carbocycles. The van der Waals surface area contributed by atoms with Crippen LogP contribution in [0.4, 0.5) is 16.5 Å². The minimum absolute atomic E-state index is 0.0758. The van der Waals surface area contributed by atoms with Gasteiger partial charge in [0.05, 0.1) is 10.6 Å². The van der Waals surface area contributed by atoms with Crippen molar-refractivity contribution in [3.63, 3.8) is 0 Å². The van der Waals surface area contributed by atoms with E-state index in [1.165, 1.54) is 41.3 Å². The van der Waals surface area contributed by atoms with Gasteiger partial charge in [-0.1, -0.05) is 6.92 Å². The van der Waals surface area contributed by atoms with Gasteiger partial charge >= 0.3 is 5.69 Å². The van der Waals surface area contributed by atoms with Gasteiger partial charge in [0.25, 0.3) is 15.6 Å². The molecule has 4 aromatic rings.